The van der Waals surface area contributed by atoms with Gasteiger partial charge in [-0.15, -0.1) is 0 Å². The topological polar surface area (TPSA) is 26.0 Å². The van der Waals surface area contributed by atoms with E-state index in [1.54, 1.807) is 0 Å². The van der Waals surface area contributed by atoms with Crippen molar-refractivity contribution in [2.45, 2.75) is 12.8 Å². The average Bonchev–Trinajstić information content (AvgIpc) is 2.18. The average molecular weight is 211 g/mol. The molecule has 0 bridgehead atoms. The highest BCUT2D eigenvalue weighted by atomic mass is 32.1. The molecule has 0 spiro atoms. The molecule has 0 fully saturated rings. The highest BCUT2D eigenvalue weighted by molar-refractivity contribution is 7.93. The van der Waals surface area contributed by atoms with Gasteiger partial charge in [0.15, 0.2) is 0 Å². The van der Waals surface area contributed by atoms with Gasteiger partial charge in [0.1, 0.15) is 0 Å². The lowest BCUT2D eigenvalue weighted by atomic mass is 10.1. The zero-order chi connectivity index (χ0) is 9.94. The predicted octanol–water partition coefficient (Wildman–Crippen LogP) is 2.60. The highest BCUT2D eigenvalue weighted by Gasteiger charge is 1.87. The quantitative estimate of drug-likeness (QED) is 0.778. The first-order valence-corrected chi connectivity index (χ1v) is 4.90. The van der Waals surface area contributed by atoms with Gasteiger partial charge < -0.3 is 5.73 Å². The summed E-state index contributed by atoms with van der Waals surface area (Å²) in [4.78, 5) is 0. The number of thiocarbonyl (C=S) groups is 2. The van der Waals surface area contributed by atoms with Crippen LogP contribution in [0.15, 0.2) is 30.3 Å². The zero-order valence-corrected chi connectivity index (χ0v) is 9.03. The van der Waals surface area contributed by atoms with Crippen LogP contribution >= 0.6 is 24.4 Å². The van der Waals surface area contributed by atoms with Crippen molar-refractivity contribution >= 4 is 28.7 Å². The fourth-order valence-corrected chi connectivity index (χ4v) is 0.951. The van der Waals surface area contributed by atoms with Gasteiger partial charge in [-0.1, -0.05) is 30.3 Å². The minimum absolute atomic E-state index is 0.787. The van der Waals surface area contributed by atoms with Crippen molar-refractivity contribution < 1.29 is 0 Å². The molecule has 1 rings (SSSR count). The molecule has 1 aromatic rings. The first-order valence-electron chi connectivity index (χ1n) is 4.08. The van der Waals surface area contributed by atoms with Crippen LogP contribution in [0, 0.1) is 0 Å². The van der Waals surface area contributed by atoms with Crippen molar-refractivity contribution in [1.29, 1.82) is 0 Å². The molecule has 1 aromatic carbocycles. The van der Waals surface area contributed by atoms with Crippen LogP contribution in [0.1, 0.15) is 12.0 Å². The van der Waals surface area contributed by atoms with Crippen LogP contribution in [0.3, 0.4) is 0 Å². The van der Waals surface area contributed by atoms with Gasteiger partial charge in [-0.05, 0) is 49.4 Å². The summed E-state index contributed by atoms with van der Waals surface area (Å²) < 4.78 is 1.92. The van der Waals surface area contributed by atoms with Crippen LogP contribution in [0.5, 0.6) is 0 Å². The van der Waals surface area contributed by atoms with Crippen molar-refractivity contribution in [3.05, 3.63) is 35.9 Å². The third kappa shape index (κ3) is 7.75. The largest absolute Gasteiger partial charge is 0.330 e. The molecule has 0 radical (unpaired) electrons. The van der Waals surface area contributed by atoms with Crippen LogP contribution in [0.25, 0.3) is 0 Å². The summed E-state index contributed by atoms with van der Waals surface area (Å²) in [6.45, 7) is 0.787. The predicted molar refractivity (Wildman–Crippen MR) is 64.0 cm³/mol. The Bertz CT molecular complexity index is 240. The van der Waals surface area contributed by atoms with E-state index in [1.165, 1.54) is 5.56 Å². The summed E-state index contributed by atoms with van der Waals surface area (Å²) >= 11 is 7.92. The maximum Gasteiger partial charge on any atom is 0.0297 e. The van der Waals surface area contributed by atoms with E-state index in [2.05, 4.69) is 48.7 Å². The maximum absolute atomic E-state index is 5.38. The first kappa shape index (κ1) is 12.4. The molecule has 0 amide bonds. The molecule has 0 atom stereocenters. The Morgan fingerprint density at radius 3 is 2.15 bits per heavy atom. The molecule has 0 saturated heterocycles. The minimum atomic E-state index is 0.787. The molecule has 13 heavy (non-hydrogen) atoms. The summed E-state index contributed by atoms with van der Waals surface area (Å²) in [5, 5.41) is 0. The second-order valence-corrected chi connectivity index (χ2v) is 3.13. The van der Waals surface area contributed by atoms with Gasteiger partial charge in [0, 0.05) is 4.31 Å². The summed E-state index contributed by atoms with van der Waals surface area (Å²) in [6.07, 6.45) is 2.20. The molecular weight excluding hydrogens is 198 g/mol. The summed E-state index contributed by atoms with van der Waals surface area (Å²) in [5.41, 5.74) is 6.76. The van der Waals surface area contributed by atoms with Gasteiger partial charge in [-0.2, -0.15) is 0 Å². The molecule has 0 aromatic heterocycles. The second-order valence-electron chi connectivity index (χ2n) is 2.46. The molecule has 2 N–H and O–H groups in total. The highest BCUT2D eigenvalue weighted by Crippen LogP contribution is 2.00. The Labute approximate surface area is 90.0 Å². The SMILES string of the molecule is NCCCc1ccccc1.S=C=S. The van der Waals surface area contributed by atoms with Gasteiger partial charge in [0.05, 0.1) is 0 Å². The van der Waals surface area contributed by atoms with E-state index >= 15 is 0 Å². The van der Waals surface area contributed by atoms with Crippen molar-refractivity contribution in [3.63, 3.8) is 0 Å². The van der Waals surface area contributed by atoms with Crippen LogP contribution in [-0.2, 0) is 6.42 Å². The third-order valence-electron chi connectivity index (χ3n) is 1.51. The van der Waals surface area contributed by atoms with Gasteiger partial charge in [-0.25, -0.2) is 0 Å². The number of benzene rings is 1. The van der Waals surface area contributed by atoms with Crippen LogP contribution in [-0.4, -0.2) is 10.9 Å². The number of hydrogen-bond donors (Lipinski definition) is 1. The van der Waals surface area contributed by atoms with E-state index in [1.807, 2.05) is 10.4 Å². The normalized spacial score (nSPS) is 8.08. The Hall–Kier alpha value is -0.600. The van der Waals surface area contributed by atoms with E-state index in [0.717, 1.165) is 19.4 Å². The lowest BCUT2D eigenvalue weighted by Gasteiger charge is -1.96. The Kier molecular flexibility index (Phi) is 9.05. The first-order chi connectivity index (χ1) is 6.35. The molecule has 3 heteroatoms. The van der Waals surface area contributed by atoms with Crippen molar-refractivity contribution in [2.75, 3.05) is 6.54 Å². The summed E-state index contributed by atoms with van der Waals surface area (Å²) in [7, 11) is 0. The monoisotopic (exact) mass is 211 g/mol. The van der Waals surface area contributed by atoms with E-state index in [-0.39, 0.29) is 0 Å². The van der Waals surface area contributed by atoms with Gasteiger partial charge in [-0.3, -0.25) is 0 Å². The van der Waals surface area contributed by atoms with E-state index in [0.29, 0.717) is 0 Å². The van der Waals surface area contributed by atoms with Gasteiger partial charge >= 0.3 is 0 Å². The fourth-order valence-electron chi connectivity index (χ4n) is 0.951. The number of aryl methyl sites for hydroxylation is 1. The fraction of sp³-hybridized carbons (Fsp3) is 0.300. The van der Waals surface area contributed by atoms with Crippen LogP contribution in [0.2, 0.25) is 0 Å². The lowest BCUT2D eigenvalue weighted by Crippen LogP contribution is -1.99. The van der Waals surface area contributed by atoms with E-state index in [9.17, 15) is 0 Å². The third-order valence-corrected chi connectivity index (χ3v) is 1.51. The van der Waals surface area contributed by atoms with E-state index in [4.69, 9.17) is 5.73 Å². The molecule has 0 heterocycles. The Balaban J connectivity index is 0.000000424. The lowest BCUT2D eigenvalue weighted by molar-refractivity contribution is 0.833. The number of nitrogens with two attached hydrogens (primary N) is 1. The maximum atomic E-state index is 5.38. The molecule has 1 nitrogen and oxygen atoms in total. The van der Waals surface area contributed by atoms with Gasteiger partial charge in [0.25, 0.3) is 0 Å². The Morgan fingerprint density at radius 2 is 1.69 bits per heavy atom. The molecular formula is C10H13NS2. The molecule has 0 aliphatic heterocycles. The molecule has 0 unspecified atom stereocenters. The van der Waals surface area contributed by atoms with Crippen LogP contribution < -0.4 is 5.73 Å². The van der Waals surface area contributed by atoms with Crippen molar-refractivity contribution in [2.24, 2.45) is 5.73 Å². The number of hydrogen-bond acceptors (Lipinski definition) is 3. The van der Waals surface area contributed by atoms with Gasteiger partial charge in [0.2, 0.25) is 0 Å². The number of rotatable bonds is 3. The Morgan fingerprint density at radius 1 is 1.15 bits per heavy atom. The zero-order valence-electron chi connectivity index (χ0n) is 7.40. The van der Waals surface area contributed by atoms with E-state index < -0.39 is 0 Å². The standard InChI is InChI=1S/C9H13N.CS2/c10-8-4-7-9-5-2-1-3-6-9;2-1-3/h1-3,5-6H,4,7-8,10H2;. The van der Waals surface area contributed by atoms with Crippen molar-refractivity contribution in [3.8, 4) is 0 Å². The van der Waals surface area contributed by atoms with Crippen LogP contribution in [0.4, 0.5) is 0 Å². The smallest absolute Gasteiger partial charge is 0.0297 e. The summed E-state index contributed by atoms with van der Waals surface area (Å²) in [5.74, 6) is 0. The molecule has 0 aliphatic carbocycles. The second kappa shape index (κ2) is 9.49. The molecule has 0 saturated carbocycles. The molecule has 0 aliphatic rings. The van der Waals surface area contributed by atoms with Crippen molar-refractivity contribution in [1.82, 2.24) is 0 Å². The minimum Gasteiger partial charge on any atom is -0.330 e. The molecule has 70 valence electrons. The summed E-state index contributed by atoms with van der Waals surface area (Å²) in [6, 6.07) is 10.4.